The summed E-state index contributed by atoms with van der Waals surface area (Å²) in [7, 11) is 1.98. The molecule has 1 unspecified atom stereocenters. The topological polar surface area (TPSA) is 33.7 Å². The van der Waals surface area contributed by atoms with Crippen LogP contribution in [0.1, 0.15) is 37.4 Å². The summed E-state index contributed by atoms with van der Waals surface area (Å²) in [5.74, 6) is 1.86. The van der Waals surface area contributed by atoms with E-state index < -0.39 is 0 Å². The summed E-state index contributed by atoms with van der Waals surface area (Å²) in [6.07, 6.45) is 4.66. The van der Waals surface area contributed by atoms with Crippen LogP contribution in [0.4, 0.5) is 0 Å². The molecule has 1 heterocycles. The molecular weight excluding hydrogens is 384 g/mol. The number of fused-ring (bicyclic) bond motifs is 1. The molecule has 4 heteroatoms. The molecule has 0 aromatic heterocycles. The predicted molar refractivity (Wildman–Crippen MR) is 128 cm³/mol. The molecule has 31 heavy (non-hydrogen) atoms. The zero-order valence-electron chi connectivity index (χ0n) is 18.6. The number of ether oxygens (including phenoxy) is 2. The van der Waals surface area contributed by atoms with Crippen LogP contribution in [-0.2, 0) is 0 Å². The van der Waals surface area contributed by atoms with Gasteiger partial charge in [-0.05, 0) is 75.1 Å². The van der Waals surface area contributed by atoms with Crippen LogP contribution >= 0.6 is 0 Å². The Bertz CT molecular complexity index is 930. The van der Waals surface area contributed by atoms with Gasteiger partial charge in [-0.2, -0.15) is 0 Å². The van der Waals surface area contributed by atoms with Crippen LogP contribution in [0, 0.1) is 0 Å². The third-order valence-corrected chi connectivity index (χ3v) is 6.01. The fourth-order valence-corrected chi connectivity index (χ4v) is 4.28. The molecule has 0 radical (unpaired) electrons. The molecule has 0 aliphatic carbocycles. The lowest BCUT2D eigenvalue weighted by atomic mass is 10.1. The van der Waals surface area contributed by atoms with E-state index in [4.69, 9.17) is 9.47 Å². The van der Waals surface area contributed by atoms with Gasteiger partial charge in [0.1, 0.15) is 17.6 Å². The lowest BCUT2D eigenvalue weighted by Crippen LogP contribution is -2.21. The zero-order chi connectivity index (χ0) is 21.3. The lowest BCUT2D eigenvalue weighted by molar-refractivity contribution is 0.197. The van der Waals surface area contributed by atoms with Crippen molar-refractivity contribution in [3.05, 3.63) is 72.3 Å². The van der Waals surface area contributed by atoms with Gasteiger partial charge in [-0.1, -0.05) is 48.5 Å². The molecule has 4 nitrogen and oxygen atoms in total. The van der Waals surface area contributed by atoms with Gasteiger partial charge in [0.2, 0.25) is 0 Å². The molecule has 1 aliphatic heterocycles. The summed E-state index contributed by atoms with van der Waals surface area (Å²) in [5.41, 5.74) is 1.17. The second kappa shape index (κ2) is 11.2. The first-order valence-electron chi connectivity index (χ1n) is 11.6. The average molecular weight is 419 g/mol. The highest BCUT2D eigenvalue weighted by molar-refractivity contribution is 5.88. The maximum atomic E-state index is 6.52. The van der Waals surface area contributed by atoms with Gasteiger partial charge in [-0.25, -0.2) is 0 Å². The Balaban J connectivity index is 1.38. The van der Waals surface area contributed by atoms with E-state index in [-0.39, 0.29) is 6.10 Å². The van der Waals surface area contributed by atoms with Crippen molar-refractivity contribution in [2.24, 2.45) is 0 Å². The van der Waals surface area contributed by atoms with Gasteiger partial charge in [0, 0.05) is 18.4 Å². The van der Waals surface area contributed by atoms with Crippen LogP contribution in [0.25, 0.3) is 10.8 Å². The van der Waals surface area contributed by atoms with Crippen LogP contribution in [0.5, 0.6) is 11.5 Å². The molecule has 3 aromatic rings. The van der Waals surface area contributed by atoms with E-state index in [1.54, 1.807) is 0 Å². The molecule has 1 fully saturated rings. The minimum absolute atomic E-state index is 0.0116. The van der Waals surface area contributed by atoms with Gasteiger partial charge in [0.25, 0.3) is 0 Å². The Morgan fingerprint density at radius 3 is 2.52 bits per heavy atom. The monoisotopic (exact) mass is 418 g/mol. The Hall–Kier alpha value is -2.56. The molecule has 4 rings (SSSR count). The maximum Gasteiger partial charge on any atom is 0.128 e. The SMILES string of the molecule is CNCCC(Oc1cccc2ccccc12)c1ccc(OCCCN2CCCC2)cc1. The Morgan fingerprint density at radius 1 is 0.935 bits per heavy atom. The van der Waals surface area contributed by atoms with Gasteiger partial charge < -0.3 is 19.7 Å². The van der Waals surface area contributed by atoms with Crippen molar-refractivity contribution in [1.82, 2.24) is 10.2 Å². The van der Waals surface area contributed by atoms with Gasteiger partial charge >= 0.3 is 0 Å². The molecular formula is C27H34N2O2. The van der Waals surface area contributed by atoms with Gasteiger partial charge in [-0.15, -0.1) is 0 Å². The Kier molecular flexibility index (Phi) is 7.81. The fourth-order valence-electron chi connectivity index (χ4n) is 4.28. The summed E-state index contributed by atoms with van der Waals surface area (Å²) in [6, 6.07) is 23.1. The van der Waals surface area contributed by atoms with E-state index in [0.29, 0.717) is 0 Å². The normalized spacial score (nSPS) is 15.3. The second-order valence-corrected chi connectivity index (χ2v) is 8.30. The van der Waals surface area contributed by atoms with Crippen molar-refractivity contribution in [2.75, 3.05) is 39.8 Å². The lowest BCUT2D eigenvalue weighted by Gasteiger charge is -2.21. The molecule has 0 amide bonds. The highest BCUT2D eigenvalue weighted by Gasteiger charge is 2.15. The van der Waals surface area contributed by atoms with Crippen molar-refractivity contribution in [1.29, 1.82) is 0 Å². The number of likely N-dealkylation sites (tertiary alicyclic amines) is 1. The zero-order valence-corrected chi connectivity index (χ0v) is 18.6. The smallest absolute Gasteiger partial charge is 0.128 e. The van der Waals surface area contributed by atoms with Crippen LogP contribution < -0.4 is 14.8 Å². The molecule has 1 atom stereocenters. The molecule has 1 aliphatic rings. The van der Waals surface area contributed by atoms with E-state index in [1.807, 2.05) is 7.05 Å². The Morgan fingerprint density at radius 2 is 1.71 bits per heavy atom. The quantitative estimate of drug-likeness (QED) is 0.421. The van der Waals surface area contributed by atoms with Crippen molar-refractivity contribution < 1.29 is 9.47 Å². The summed E-state index contributed by atoms with van der Waals surface area (Å²) in [6.45, 7) is 5.30. The molecule has 0 saturated carbocycles. The number of hydrogen-bond acceptors (Lipinski definition) is 4. The standard InChI is InChI=1S/C27H34N2O2/c1-28-17-16-26(31-27-11-6-9-22-8-2-3-10-25(22)27)23-12-14-24(15-13-23)30-21-7-20-29-18-4-5-19-29/h2-3,6,8-15,26,28H,4-5,7,16-21H2,1H3. The van der Waals surface area contributed by atoms with Crippen LogP contribution in [0.3, 0.4) is 0 Å². The van der Waals surface area contributed by atoms with E-state index in [1.165, 1.54) is 36.9 Å². The minimum Gasteiger partial charge on any atom is -0.494 e. The van der Waals surface area contributed by atoms with Crippen molar-refractivity contribution in [3.8, 4) is 11.5 Å². The summed E-state index contributed by atoms with van der Waals surface area (Å²) >= 11 is 0. The predicted octanol–water partition coefficient (Wildman–Crippen LogP) is 5.43. The number of rotatable bonds is 11. The van der Waals surface area contributed by atoms with Gasteiger partial charge in [0.15, 0.2) is 0 Å². The van der Waals surface area contributed by atoms with Crippen molar-refractivity contribution in [3.63, 3.8) is 0 Å². The summed E-state index contributed by atoms with van der Waals surface area (Å²) in [4.78, 5) is 2.53. The third kappa shape index (κ3) is 5.99. The third-order valence-electron chi connectivity index (χ3n) is 6.01. The molecule has 3 aromatic carbocycles. The second-order valence-electron chi connectivity index (χ2n) is 8.30. The molecule has 0 bridgehead atoms. The van der Waals surface area contributed by atoms with Crippen LogP contribution in [-0.4, -0.2) is 44.7 Å². The molecule has 0 spiro atoms. The number of hydrogen-bond donors (Lipinski definition) is 1. The number of nitrogens with one attached hydrogen (secondary N) is 1. The van der Waals surface area contributed by atoms with Crippen LogP contribution in [0.2, 0.25) is 0 Å². The molecule has 1 N–H and O–H groups in total. The van der Waals surface area contributed by atoms with Crippen molar-refractivity contribution >= 4 is 10.8 Å². The van der Waals surface area contributed by atoms with E-state index in [0.717, 1.165) is 49.4 Å². The van der Waals surface area contributed by atoms with E-state index in [9.17, 15) is 0 Å². The fraction of sp³-hybridized carbons (Fsp3) is 0.407. The van der Waals surface area contributed by atoms with E-state index >= 15 is 0 Å². The first kappa shape index (κ1) is 21.7. The van der Waals surface area contributed by atoms with Gasteiger partial charge in [-0.3, -0.25) is 0 Å². The molecule has 164 valence electrons. The first-order valence-corrected chi connectivity index (χ1v) is 11.6. The number of nitrogens with zero attached hydrogens (tertiary/aromatic N) is 1. The average Bonchev–Trinajstić information content (AvgIpc) is 3.34. The number of benzene rings is 3. The first-order chi connectivity index (χ1) is 15.3. The largest absolute Gasteiger partial charge is 0.494 e. The van der Waals surface area contributed by atoms with Crippen LogP contribution in [0.15, 0.2) is 66.7 Å². The highest BCUT2D eigenvalue weighted by atomic mass is 16.5. The molecule has 1 saturated heterocycles. The minimum atomic E-state index is -0.0116. The van der Waals surface area contributed by atoms with E-state index in [2.05, 4.69) is 76.9 Å². The maximum absolute atomic E-state index is 6.52. The Labute approximate surface area is 186 Å². The highest BCUT2D eigenvalue weighted by Crippen LogP contribution is 2.31. The van der Waals surface area contributed by atoms with Crippen molar-refractivity contribution in [2.45, 2.75) is 31.8 Å². The summed E-state index contributed by atoms with van der Waals surface area (Å²) < 4.78 is 12.5. The summed E-state index contributed by atoms with van der Waals surface area (Å²) in [5, 5.41) is 5.60. The van der Waals surface area contributed by atoms with Gasteiger partial charge in [0.05, 0.1) is 6.61 Å².